The summed E-state index contributed by atoms with van der Waals surface area (Å²) in [6.07, 6.45) is 4.41. The molecule has 0 bridgehead atoms. The molecule has 0 fully saturated rings. The van der Waals surface area contributed by atoms with Crippen molar-refractivity contribution in [1.82, 2.24) is 25.1 Å². The number of ether oxygens (including phenoxy) is 2. The number of carbonyl (C=O) groups excluding carboxylic acids is 2. The van der Waals surface area contributed by atoms with Crippen LogP contribution in [-0.4, -0.2) is 83.9 Å². The number of aromatic nitrogens is 2. The molecule has 0 unspecified atom stereocenters. The molecule has 2 aromatic carbocycles. The normalized spacial score (nSPS) is 20.2. The summed E-state index contributed by atoms with van der Waals surface area (Å²) in [5.74, 6) is 0.222. The molecule has 1 aliphatic rings. The molecule has 1 aromatic heterocycles. The Hall–Kier alpha value is -4.06. The molecule has 3 atom stereocenters. The van der Waals surface area contributed by atoms with Crippen LogP contribution in [0.1, 0.15) is 36.7 Å². The Balaban J connectivity index is 1.58. The fourth-order valence-corrected chi connectivity index (χ4v) is 4.95. The van der Waals surface area contributed by atoms with Crippen molar-refractivity contribution in [3.63, 3.8) is 0 Å². The average Bonchev–Trinajstić information content (AvgIpc) is 2.98. The predicted octanol–water partition coefficient (Wildman–Crippen LogP) is 3.58. The summed E-state index contributed by atoms with van der Waals surface area (Å²) in [4.78, 5) is 37.9. The lowest BCUT2D eigenvalue weighted by molar-refractivity contribution is 0.00808. The van der Waals surface area contributed by atoms with Gasteiger partial charge in [-0.25, -0.2) is 14.8 Å². The van der Waals surface area contributed by atoms with E-state index in [2.05, 4.69) is 56.7 Å². The van der Waals surface area contributed by atoms with Crippen LogP contribution in [0.25, 0.3) is 11.1 Å². The van der Waals surface area contributed by atoms with Gasteiger partial charge in [-0.3, -0.25) is 9.69 Å². The lowest BCUT2D eigenvalue weighted by Gasteiger charge is -2.36. The second-order valence-corrected chi connectivity index (χ2v) is 11.0. The van der Waals surface area contributed by atoms with Gasteiger partial charge in [0.15, 0.2) is 0 Å². The zero-order chi connectivity index (χ0) is 30.2. The number of nitrogens with one attached hydrogen (secondary N) is 2. The van der Waals surface area contributed by atoms with E-state index in [1.54, 1.807) is 49.7 Å². The number of anilines is 1. The quantitative estimate of drug-likeness (QED) is 0.406. The summed E-state index contributed by atoms with van der Waals surface area (Å²) in [5.41, 5.74) is 10.6. The number of amides is 3. The molecular formula is C31H41N7O4. The minimum atomic E-state index is -0.457. The van der Waals surface area contributed by atoms with Crippen LogP contribution in [0.2, 0.25) is 0 Å². The molecule has 0 saturated carbocycles. The van der Waals surface area contributed by atoms with E-state index in [0.717, 1.165) is 16.7 Å². The van der Waals surface area contributed by atoms with Gasteiger partial charge < -0.3 is 30.7 Å². The van der Waals surface area contributed by atoms with Crippen LogP contribution in [0.4, 0.5) is 10.5 Å². The highest BCUT2D eigenvalue weighted by atomic mass is 16.5. The molecule has 11 nitrogen and oxygen atoms in total. The Kier molecular flexibility index (Phi) is 10.5. The molecule has 11 heteroatoms. The number of fused-ring (bicyclic) bond motifs is 1. The smallest absolute Gasteiger partial charge is 0.319 e. The first-order valence-electron chi connectivity index (χ1n) is 14.1. The minimum absolute atomic E-state index is 0.0285. The summed E-state index contributed by atoms with van der Waals surface area (Å²) in [6, 6.07) is 12.9. The predicted molar refractivity (Wildman–Crippen MR) is 162 cm³/mol. The third kappa shape index (κ3) is 8.03. The molecule has 224 valence electrons. The fraction of sp³-hybridized carbons (Fsp3) is 0.419. The summed E-state index contributed by atoms with van der Waals surface area (Å²) >= 11 is 0. The van der Waals surface area contributed by atoms with Crippen molar-refractivity contribution in [3.05, 3.63) is 72.3 Å². The van der Waals surface area contributed by atoms with Crippen molar-refractivity contribution in [2.45, 2.75) is 45.6 Å². The van der Waals surface area contributed by atoms with E-state index >= 15 is 0 Å². The maximum Gasteiger partial charge on any atom is 0.319 e. The highest BCUT2D eigenvalue weighted by molar-refractivity contribution is 5.99. The van der Waals surface area contributed by atoms with Crippen molar-refractivity contribution in [2.24, 2.45) is 11.7 Å². The van der Waals surface area contributed by atoms with Crippen LogP contribution < -0.4 is 21.1 Å². The van der Waals surface area contributed by atoms with Gasteiger partial charge in [-0.05, 0) is 49.1 Å². The van der Waals surface area contributed by atoms with Crippen LogP contribution >= 0.6 is 0 Å². The van der Waals surface area contributed by atoms with Crippen LogP contribution in [-0.2, 0) is 11.3 Å². The fourth-order valence-electron chi connectivity index (χ4n) is 4.95. The van der Waals surface area contributed by atoms with Crippen molar-refractivity contribution in [3.8, 4) is 16.9 Å². The molecule has 4 rings (SSSR count). The Morgan fingerprint density at radius 1 is 1.12 bits per heavy atom. The van der Waals surface area contributed by atoms with Gasteiger partial charge in [0.05, 0.1) is 17.8 Å². The first-order valence-corrected chi connectivity index (χ1v) is 14.1. The zero-order valence-electron chi connectivity index (χ0n) is 24.9. The average molecular weight is 576 g/mol. The number of hydrogen-bond acceptors (Lipinski definition) is 8. The third-order valence-corrected chi connectivity index (χ3v) is 7.26. The second-order valence-electron chi connectivity index (χ2n) is 11.0. The number of carbonyl (C=O) groups is 2. The Morgan fingerprint density at radius 3 is 2.50 bits per heavy atom. The van der Waals surface area contributed by atoms with Gasteiger partial charge in [0.2, 0.25) is 0 Å². The van der Waals surface area contributed by atoms with Crippen molar-refractivity contribution >= 4 is 17.6 Å². The van der Waals surface area contributed by atoms with E-state index in [1.807, 2.05) is 13.8 Å². The molecule has 4 N–H and O–H groups in total. The summed E-state index contributed by atoms with van der Waals surface area (Å²) in [6.45, 7) is 7.62. The van der Waals surface area contributed by atoms with Gasteiger partial charge in [-0.15, -0.1) is 0 Å². The number of nitrogens with two attached hydrogens (primary N) is 1. The summed E-state index contributed by atoms with van der Waals surface area (Å²) < 4.78 is 12.0. The molecule has 0 saturated heterocycles. The monoisotopic (exact) mass is 575 g/mol. The number of nitrogens with zero attached hydrogens (tertiary/aromatic N) is 4. The molecule has 3 aromatic rings. The van der Waals surface area contributed by atoms with E-state index in [-0.39, 0.29) is 36.6 Å². The first-order chi connectivity index (χ1) is 20.1. The van der Waals surface area contributed by atoms with E-state index < -0.39 is 6.17 Å². The molecular weight excluding hydrogens is 534 g/mol. The van der Waals surface area contributed by atoms with Crippen LogP contribution in [0, 0.1) is 5.92 Å². The molecule has 2 heterocycles. The van der Waals surface area contributed by atoms with Gasteiger partial charge in [-0.2, -0.15) is 0 Å². The van der Waals surface area contributed by atoms with Crippen molar-refractivity contribution in [2.75, 3.05) is 39.2 Å². The SMILES string of the molecule is CO[C@H]1CN(C)C(=O)c2cc(NC(=O)NC(C)C)ccc2OC[C@H](N)N(Cc2ccc(-c3cncnc3)cc2)C[C@@H]1C. The van der Waals surface area contributed by atoms with Gasteiger partial charge in [0.25, 0.3) is 5.91 Å². The highest BCUT2D eigenvalue weighted by Gasteiger charge is 2.29. The number of methoxy groups -OCH3 is 1. The lowest BCUT2D eigenvalue weighted by atomic mass is 10.0. The first kappa shape index (κ1) is 30.9. The number of benzene rings is 2. The van der Waals surface area contributed by atoms with Gasteiger partial charge in [-0.1, -0.05) is 31.2 Å². The van der Waals surface area contributed by atoms with Crippen molar-refractivity contribution in [1.29, 1.82) is 0 Å². The van der Waals surface area contributed by atoms with Crippen LogP contribution in [0.3, 0.4) is 0 Å². The van der Waals surface area contributed by atoms with Crippen molar-refractivity contribution < 1.29 is 19.1 Å². The Labute approximate surface area is 247 Å². The third-order valence-electron chi connectivity index (χ3n) is 7.26. The molecule has 0 aliphatic carbocycles. The van der Waals surface area contributed by atoms with Crippen LogP contribution in [0.15, 0.2) is 61.2 Å². The van der Waals surface area contributed by atoms with Crippen LogP contribution in [0.5, 0.6) is 5.75 Å². The topological polar surface area (TPSA) is 135 Å². The maximum absolute atomic E-state index is 13.6. The second kappa shape index (κ2) is 14.2. The zero-order valence-corrected chi connectivity index (χ0v) is 24.9. The number of rotatable bonds is 6. The molecule has 0 spiro atoms. The van der Waals surface area contributed by atoms with Gasteiger partial charge >= 0.3 is 6.03 Å². The lowest BCUT2D eigenvalue weighted by Crippen LogP contribution is -2.50. The standard InChI is InChI=1S/C31H41N7O4/c1-20(2)35-31(40)36-25-10-11-27-26(12-25)30(39)37(4)17-28(41-5)21(3)15-38(29(32)18-42-27)16-22-6-8-23(9-7-22)24-13-33-19-34-14-24/h6-14,19-21,28-29H,15-18,32H2,1-5H3,(H2,35,36,40)/t21-,28-,29+/m0/s1. The Bertz CT molecular complexity index is 1340. The largest absolute Gasteiger partial charge is 0.490 e. The number of likely N-dealkylation sites (N-methyl/N-ethyl adjacent to an activating group) is 1. The number of urea groups is 1. The number of hydrogen-bond donors (Lipinski definition) is 3. The van der Waals surface area contributed by atoms with E-state index in [4.69, 9.17) is 15.2 Å². The van der Waals surface area contributed by atoms with Gasteiger partial charge in [0.1, 0.15) is 18.7 Å². The molecule has 42 heavy (non-hydrogen) atoms. The highest BCUT2D eigenvalue weighted by Crippen LogP contribution is 2.27. The van der Waals surface area contributed by atoms with E-state index in [9.17, 15) is 9.59 Å². The van der Waals surface area contributed by atoms with Gasteiger partial charge in [0, 0.05) is 63.5 Å². The summed E-state index contributed by atoms with van der Waals surface area (Å²) in [7, 11) is 3.40. The Morgan fingerprint density at radius 2 is 1.83 bits per heavy atom. The van der Waals surface area contributed by atoms with E-state index in [1.165, 1.54) is 6.33 Å². The minimum Gasteiger partial charge on any atom is -0.490 e. The summed E-state index contributed by atoms with van der Waals surface area (Å²) in [5, 5.41) is 5.58. The van der Waals surface area contributed by atoms with E-state index in [0.29, 0.717) is 36.6 Å². The molecule has 3 amide bonds. The maximum atomic E-state index is 13.6. The molecule has 1 aliphatic heterocycles. The molecule has 0 radical (unpaired) electrons.